The number of anilines is 1. The molecule has 1 unspecified atom stereocenters. The van der Waals surface area contributed by atoms with E-state index in [0.717, 1.165) is 28.0 Å². The number of aryl methyl sites for hydroxylation is 1. The lowest BCUT2D eigenvalue weighted by atomic mass is 9.74. The van der Waals surface area contributed by atoms with Crippen molar-refractivity contribution in [3.05, 3.63) is 66.1 Å². The highest BCUT2D eigenvalue weighted by Crippen LogP contribution is 2.37. The zero-order valence-corrected chi connectivity index (χ0v) is 24.2. The van der Waals surface area contributed by atoms with Crippen molar-refractivity contribution in [3.63, 3.8) is 0 Å². The van der Waals surface area contributed by atoms with Gasteiger partial charge >= 0.3 is 5.97 Å². The van der Waals surface area contributed by atoms with Gasteiger partial charge in [0.25, 0.3) is 10.0 Å². The van der Waals surface area contributed by atoms with Crippen molar-refractivity contribution in [1.29, 1.82) is 0 Å². The summed E-state index contributed by atoms with van der Waals surface area (Å²) in [4.78, 5) is 24.7. The Hall–Kier alpha value is -3.97. The molecular formula is C29H31F2N5O5S. The highest BCUT2D eigenvalue weighted by Gasteiger charge is 2.43. The number of esters is 1. The van der Waals surface area contributed by atoms with Gasteiger partial charge in [-0.15, -0.1) is 0 Å². The number of nitrogens with zero attached hydrogens (tertiary/aromatic N) is 4. The Kier molecular flexibility index (Phi) is 7.99. The SMILES string of the molecule is CCOC(=O)C(C)[C@]1(O)CCC[C@H](Nc2nc(-c3cn(S(=O)(=O)c4ccc(C)cc4)c4ncc(F)cc34)ncc2F)C1. The molecule has 5 rings (SSSR count). The van der Waals surface area contributed by atoms with Crippen LogP contribution in [0.25, 0.3) is 22.4 Å². The van der Waals surface area contributed by atoms with Crippen LogP contribution in [0.4, 0.5) is 14.6 Å². The van der Waals surface area contributed by atoms with Gasteiger partial charge in [0.05, 0.1) is 35.4 Å². The Bertz CT molecular complexity index is 1750. The van der Waals surface area contributed by atoms with Crippen LogP contribution in [0, 0.1) is 24.5 Å². The average Bonchev–Trinajstić information content (AvgIpc) is 3.34. The molecule has 1 aliphatic rings. The largest absolute Gasteiger partial charge is 0.466 e. The van der Waals surface area contributed by atoms with Gasteiger partial charge in [-0.1, -0.05) is 17.7 Å². The number of halogens is 2. The van der Waals surface area contributed by atoms with E-state index in [0.29, 0.717) is 19.3 Å². The van der Waals surface area contributed by atoms with E-state index in [1.165, 1.54) is 18.3 Å². The first kappa shape index (κ1) is 29.5. The number of aromatic nitrogens is 4. The van der Waals surface area contributed by atoms with Gasteiger partial charge < -0.3 is 15.2 Å². The summed E-state index contributed by atoms with van der Waals surface area (Å²) in [5, 5.41) is 14.4. The fourth-order valence-electron chi connectivity index (χ4n) is 5.32. The first-order valence-corrected chi connectivity index (χ1v) is 15.0. The number of ether oxygens (including phenoxy) is 1. The fourth-order valence-corrected chi connectivity index (χ4v) is 6.64. The third kappa shape index (κ3) is 5.58. The molecular weight excluding hydrogens is 568 g/mol. The lowest BCUT2D eigenvalue weighted by Crippen LogP contribution is -2.48. The van der Waals surface area contributed by atoms with Gasteiger partial charge in [0.2, 0.25) is 0 Å². The Morgan fingerprint density at radius 3 is 2.69 bits per heavy atom. The molecule has 1 saturated carbocycles. The summed E-state index contributed by atoms with van der Waals surface area (Å²) in [7, 11) is -4.13. The van der Waals surface area contributed by atoms with Crippen molar-refractivity contribution in [2.45, 2.75) is 63.0 Å². The van der Waals surface area contributed by atoms with Crippen molar-refractivity contribution in [2.24, 2.45) is 5.92 Å². The fraction of sp³-hybridized carbons (Fsp3) is 0.379. The van der Waals surface area contributed by atoms with E-state index in [1.54, 1.807) is 26.0 Å². The lowest BCUT2D eigenvalue weighted by Gasteiger charge is -2.40. The Morgan fingerprint density at radius 2 is 1.98 bits per heavy atom. The smallest absolute Gasteiger partial charge is 0.311 e. The number of nitrogens with one attached hydrogen (secondary N) is 1. The molecule has 0 amide bonds. The highest BCUT2D eigenvalue weighted by molar-refractivity contribution is 7.90. The number of hydrogen-bond acceptors (Lipinski definition) is 9. The normalized spacial score (nSPS) is 19.9. The highest BCUT2D eigenvalue weighted by atomic mass is 32.2. The molecule has 2 N–H and O–H groups in total. The molecule has 3 aromatic heterocycles. The van der Waals surface area contributed by atoms with Crippen LogP contribution in [0.1, 0.15) is 45.1 Å². The number of pyridine rings is 1. The maximum Gasteiger partial charge on any atom is 0.311 e. The minimum atomic E-state index is -4.13. The van der Waals surface area contributed by atoms with Crippen molar-refractivity contribution in [3.8, 4) is 11.4 Å². The maximum absolute atomic E-state index is 14.9. The van der Waals surface area contributed by atoms with Gasteiger partial charge in [0, 0.05) is 23.2 Å². The molecule has 4 aromatic rings. The topological polar surface area (TPSA) is 136 Å². The number of hydrogen-bond donors (Lipinski definition) is 2. The van der Waals surface area contributed by atoms with Crippen molar-refractivity contribution in [1.82, 2.24) is 18.9 Å². The van der Waals surface area contributed by atoms with Gasteiger partial charge in [-0.3, -0.25) is 4.79 Å². The van der Waals surface area contributed by atoms with E-state index >= 15 is 0 Å². The molecule has 222 valence electrons. The molecule has 13 heteroatoms. The number of carbonyl (C=O) groups is 1. The zero-order chi connectivity index (χ0) is 30.2. The Balaban J connectivity index is 1.50. The molecule has 1 fully saturated rings. The minimum absolute atomic E-state index is 0.00638. The molecule has 3 atom stereocenters. The predicted molar refractivity (Wildman–Crippen MR) is 151 cm³/mol. The van der Waals surface area contributed by atoms with Crippen molar-refractivity contribution in [2.75, 3.05) is 11.9 Å². The van der Waals surface area contributed by atoms with E-state index in [2.05, 4.69) is 20.3 Å². The minimum Gasteiger partial charge on any atom is -0.466 e. The summed E-state index contributed by atoms with van der Waals surface area (Å²) < 4.78 is 62.3. The first-order chi connectivity index (χ1) is 19.9. The van der Waals surface area contributed by atoms with Gasteiger partial charge in [-0.05, 0) is 64.7 Å². The van der Waals surface area contributed by atoms with E-state index in [9.17, 15) is 27.1 Å². The zero-order valence-electron chi connectivity index (χ0n) is 23.3. The van der Waals surface area contributed by atoms with Crippen LogP contribution in [0.3, 0.4) is 0 Å². The maximum atomic E-state index is 14.9. The van der Waals surface area contributed by atoms with Crippen LogP contribution in [0.5, 0.6) is 0 Å². The quantitative estimate of drug-likeness (QED) is 0.279. The Morgan fingerprint density at radius 1 is 1.24 bits per heavy atom. The molecule has 1 aliphatic carbocycles. The van der Waals surface area contributed by atoms with Gasteiger partial charge in [-0.25, -0.2) is 36.1 Å². The molecule has 0 radical (unpaired) electrons. The van der Waals surface area contributed by atoms with E-state index in [-0.39, 0.29) is 46.2 Å². The molecule has 0 spiro atoms. The third-order valence-electron chi connectivity index (χ3n) is 7.69. The van der Waals surface area contributed by atoms with Gasteiger partial charge in [0.15, 0.2) is 23.1 Å². The molecule has 0 saturated heterocycles. The molecule has 10 nitrogen and oxygen atoms in total. The van der Waals surface area contributed by atoms with Crippen LogP contribution < -0.4 is 5.32 Å². The van der Waals surface area contributed by atoms with E-state index in [1.807, 2.05) is 6.92 Å². The third-order valence-corrected chi connectivity index (χ3v) is 9.35. The second-order valence-corrected chi connectivity index (χ2v) is 12.4. The molecule has 0 bridgehead atoms. The van der Waals surface area contributed by atoms with Gasteiger partial charge in [0.1, 0.15) is 5.82 Å². The summed E-state index contributed by atoms with van der Waals surface area (Å²) in [5.41, 5.74) is -0.389. The number of rotatable bonds is 8. The summed E-state index contributed by atoms with van der Waals surface area (Å²) >= 11 is 0. The van der Waals surface area contributed by atoms with Crippen LogP contribution in [-0.2, 0) is 19.6 Å². The second-order valence-electron chi connectivity index (χ2n) is 10.6. The van der Waals surface area contributed by atoms with Crippen LogP contribution >= 0.6 is 0 Å². The molecule has 3 heterocycles. The van der Waals surface area contributed by atoms with Gasteiger partial charge in [-0.2, -0.15) is 0 Å². The summed E-state index contributed by atoms with van der Waals surface area (Å²) in [5.74, 6) is -2.99. The molecule has 1 aromatic carbocycles. The number of fused-ring (bicyclic) bond motifs is 1. The van der Waals surface area contributed by atoms with E-state index in [4.69, 9.17) is 4.74 Å². The summed E-state index contributed by atoms with van der Waals surface area (Å²) in [6.07, 6.45) is 4.78. The number of benzene rings is 1. The Labute approximate surface area is 241 Å². The van der Waals surface area contributed by atoms with Crippen LogP contribution in [0.2, 0.25) is 0 Å². The van der Waals surface area contributed by atoms with Crippen LogP contribution in [0.15, 0.2) is 53.8 Å². The molecule has 0 aliphatic heterocycles. The summed E-state index contributed by atoms with van der Waals surface area (Å²) in [6, 6.07) is 6.94. The monoisotopic (exact) mass is 599 g/mol. The first-order valence-electron chi connectivity index (χ1n) is 13.6. The van der Waals surface area contributed by atoms with Crippen molar-refractivity contribution >= 4 is 32.8 Å². The van der Waals surface area contributed by atoms with Crippen LogP contribution in [-0.4, -0.2) is 56.7 Å². The second kappa shape index (κ2) is 11.4. The average molecular weight is 600 g/mol. The molecule has 42 heavy (non-hydrogen) atoms. The standard InChI is InChI=1S/C29H31F2N5O5S/c1-4-41-28(37)18(3)29(38)11-5-6-20(13-29)34-26-24(31)15-32-25(35-26)23-16-36(27-22(23)12-19(30)14-33-27)42(39,40)21-9-7-17(2)8-10-21/h7-10,12,14-16,18,20,38H,4-6,11,13H2,1-3H3,(H,32,34,35)/t18?,20-,29-/m0/s1. The summed E-state index contributed by atoms with van der Waals surface area (Å²) in [6.45, 7) is 5.32. The lowest BCUT2D eigenvalue weighted by molar-refractivity contribution is -0.159. The predicted octanol–water partition coefficient (Wildman–Crippen LogP) is 4.60. The van der Waals surface area contributed by atoms with Crippen molar-refractivity contribution < 1.29 is 31.8 Å². The number of aliphatic hydroxyl groups is 1. The number of carbonyl (C=O) groups excluding carboxylic acids is 1. The van der Waals surface area contributed by atoms with E-state index < -0.39 is 45.2 Å².